The first-order valence-corrected chi connectivity index (χ1v) is 8.67. The molecule has 1 aromatic carbocycles. The molecule has 0 unspecified atom stereocenters. The number of sulfonamides is 1. The Morgan fingerprint density at radius 1 is 1.30 bits per heavy atom. The average Bonchev–Trinajstić information content (AvgIpc) is 2.41. The summed E-state index contributed by atoms with van der Waals surface area (Å²) in [5.74, 6) is -0.791. The molecule has 1 aliphatic heterocycles. The first-order chi connectivity index (χ1) is 9.44. The number of hydrazine groups is 1. The molecule has 2 rings (SSSR count). The van der Waals surface area contributed by atoms with Crippen LogP contribution in [0.2, 0.25) is 0 Å². The third kappa shape index (κ3) is 3.56. The highest BCUT2D eigenvalue weighted by Gasteiger charge is 2.25. The molecule has 0 radical (unpaired) electrons. The molecule has 1 fully saturated rings. The fourth-order valence-electron chi connectivity index (χ4n) is 2.17. The number of rotatable bonds is 4. The van der Waals surface area contributed by atoms with E-state index in [9.17, 15) is 12.8 Å². The summed E-state index contributed by atoms with van der Waals surface area (Å²) in [6, 6.07) is 2.73. The highest BCUT2D eigenvalue weighted by atomic mass is 79.9. The van der Waals surface area contributed by atoms with E-state index >= 15 is 0 Å². The highest BCUT2D eigenvalue weighted by Crippen LogP contribution is 2.24. The lowest BCUT2D eigenvalue weighted by molar-refractivity contribution is 0.199. The van der Waals surface area contributed by atoms with Gasteiger partial charge in [-0.2, -0.15) is 0 Å². The van der Waals surface area contributed by atoms with Crippen molar-refractivity contribution in [3.8, 4) is 0 Å². The normalized spacial score (nSPS) is 17.4. The smallest absolute Gasteiger partial charge is 0.256 e. The lowest BCUT2D eigenvalue weighted by Crippen LogP contribution is -2.45. The Hall–Kier alpha value is -0.540. The third-order valence-corrected chi connectivity index (χ3v) is 5.03. The molecule has 0 aliphatic carbocycles. The van der Waals surface area contributed by atoms with Crippen molar-refractivity contribution in [2.45, 2.75) is 30.7 Å². The fourth-order valence-corrected chi connectivity index (χ4v) is 4.09. The predicted molar refractivity (Wildman–Crippen MR) is 77.7 cm³/mol. The summed E-state index contributed by atoms with van der Waals surface area (Å²) in [5, 5.41) is 1.61. The Labute approximate surface area is 126 Å². The van der Waals surface area contributed by atoms with Crippen molar-refractivity contribution < 1.29 is 12.8 Å². The van der Waals surface area contributed by atoms with Crippen molar-refractivity contribution in [3.63, 3.8) is 0 Å². The van der Waals surface area contributed by atoms with E-state index in [0.29, 0.717) is 17.6 Å². The summed E-state index contributed by atoms with van der Waals surface area (Å²) in [7, 11) is -3.93. The second kappa shape index (κ2) is 6.48. The van der Waals surface area contributed by atoms with Gasteiger partial charge in [-0.25, -0.2) is 17.8 Å². The second-order valence-corrected chi connectivity index (χ2v) is 7.27. The molecule has 0 aromatic heterocycles. The van der Waals surface area contributed by atoms with Crippen LogP contribution in [0.4, 0.5) is 4.39 Å². The largest absolute Gasteiger partial charge is 0.326 e. The molecular weight excluding hydrogens is 349 g/mol. The SMILES string of the molecule is NCc1cc(Br)cc(S(=O)(=O)NN2CCCCC2)c1F. The van der Waals surface area contributed by atoms with E-state index in [2.05, 4.69) is 20.8 Å². The summed E-state index contributed by atoms with van der Waals surface area (Å²) in [6.45, 7) is 1.22. The topological polar surface area (TPSA) is 75.4 Å². The molecule has 1 aromatic rings. The maximum absolute atomic E-state index is 14.2. The molecule has 1 heterocycles. The van der Waals surface area contributed by atoms with Gasteiger partial charge in [0.2, 0.25) is 0 Å². The van der Waals surface area contributed by atoms with Crippen molar-refractivity contribution >= 4 is 26.0 Å². The molecule has 1 saturated heterocycles. The maximum atomic E-state index is 14.2. The molecule has 1 aliphatic rings. The minimum atomic E-state index is -3.93. The number of nitrogens with two attached hydrogens (primary N) is 1. The summed E-state index contributed by atoms with van der Waals surface area (Å²) >= 11 is 3.18. The van der Waals surface area contributed by atoms with E-state index in [0.717, 1.165) is 19.3 Å². The van der Waals surface area contributed by atoms with Crippen LogP contribution in [0.5, 0.6) is 0 Å². The van der Waals surface area contributed by atoms with Gasteiger partial charge in [-0.3, -0.25) is 0 Å². The second-order valence-electron chi connectivity index (χ2n) is 4.72. The van der Waals surface area contributed by atoms with Crippen molar-refractivity contribution in [1.29, 1.82) is 0 Å². The zero-order valence-corrected chi connectivity index (χ0v) is 13.3. The third-order valence-electron chi connectivity index (χ3n) is 3.19. The Bertz CT molecular complexity index is 589. The van der Waals surface area contributed by atoms with Gasteiger partial charge in [0, 0.05) is 29.7 Å². The molecule has 5 nitrogen and oxygen atoms in total. The Morgan fingerprint density at radius 3 is 2.55 bits per heavy atom. The molecular formula is C12H17BrFN3O2S. The van der Waals surface area contributed by atoms with E-state index in [1.807, 2.05) is 0 Å². The first-order valence-electron chi connectivity index (χ1n) is 6.39. The van der Waals surface area contributed by atoms with Gasteiger partial charge in [0.25, 0.3) is 10.0 Å². The van der Waals surface area contributed by atoms with Gasteiger partial charge in [0.05, 0.1) is 0 Å². The number of halogens is 2. The lowest BCUT2D eigenvalue weighted by atomic mass is 10.2. The van der Waals surface area contributed by atoms with E-state index in [4.69, 9.17) is 5.73 Å². The summed E-state index contributed by atoms with van der Waals surface area (Å²) in [5.41, 5.74) is 5.59. The molecule has 0 saturated carbocycles. The van der Waals surface area contributed by atoms with Gasteiger partial charge in [0.15, 0.2) is 0 Å². The van der Waals surface area contributed by atoms with Crippen LogP contribution < -0.4 is 10.6 Å². The first kappa shape index (κ1) is 15.8. The van der Waals surface area contributed by atoms with E-state index in [-0.39, 0.29) is 17.0 Å². The van der Waals surface area contributed by atoms with Crippen LogP contribution >= 0.6 is 15.9 Å². The summed E-state index contributed by atoms with van der Waals surface area (Å²) < 4.78 is 39.2. The quantitative estimate of drug-likeness (QED) is 0.851. The summed E-state index contributed by atoms with van der Waals surface area (Å²) in [4.78, 5) is 2.06. The highest BCUT2D eigenvalue weighted by molar-refractivity contribution is 9.10. The van der Waals surface area contributed by atoms with Gasteiger partial charge in [0.1, 0.15) is 10.7 Å². The Balaban J connectivity index is 2.31. The van der Waals surface area contributed by atoms with Crippen molar-refractivity contribution in [2.24, 2.45) is 5.73 Å². The Morgan fingerprint density at radius 2 is 1.95 bits per heavy atom. The van der Waals surface area contributed by atoms with Gasteiger partial charge in [-0.1, -0.05) is 22.4 Å². The van der Waals surface area contributed by atoms with Gasteiger partial charge >= 0.3 is 0 Å². The monoisotopic (exact) mass is 365 g/mol. The van der Waals surface area contributed by atoms with Crippen molar-refractivity contribution in [2.75, 3.05) is 13.1 Å². The number of nitrogens with one attached hydrogen (secondary N) is 1. The predicted octanol–water partition coefficient (Wildman–Crippen LogP) is 1.73. The number of hydrogen-bond donors (Lipinski definition) is 2. The molecule has 20 heavy (non-hydrogen) atoms. The van der Waals surface area contributed by atoms with Crippen LogP contribution in [0.15, 0.2) is 21.5 Å². The molecule has 0 bridgehead atoms. The molecule has 112 valence electrons. The molecule has 0 spiro atoms. The van der Waals surface area contributed by atoms with E-state index in [1.54, 1.807) is 5.01 Å². The minimum absolute atomic E-state index is 0.0580. The molecule has 0 atom stereocenters. The van der Waals surface area contributed by atoms with E-state index < -0.39 is 15.8 Å². The fraction of sp³-hybridized carbons (Fsp3) is 0.500. The minimum Gasteiger partial charge on any atom is -0.326 e. The molecule has 8 heteroatoms. The number of nitrogens with zero attached hydrogens (tertiary/aromatic N) is 1. The van der Waals surface area contributed by atoms with Crippen LogP contribution in [0.25, 0.3) is 0 Å². The summed E-state index contributed by atoms with van der Waals surface area (Å²) in [6.07, 6.45) is 2.94. The molecule has 0 amide bonds. The standard InChI is InChI=1S/C12H17BrFN3O2S/c13-10-6-9(8-15)12(14)11(7-10)20(18,19)16-17-4-2-1-3-5-17/h6-7,16H,1-5,8,15H2. The zero-order chi connectivity index (χ0) is 14.8. The average molecular weight is 366 g/mol. The number of benzene rings is 1. The van der Waals surface area contributed by atoms with Crippen molar-refractivity contribution in [1.82, 2.24) is 9.84 Å². The van der Waals surface area contributed by atoms with Gasteiger partial charge in [-0.15, -0.1) is 4.83 Å². The van der Waals surface area contributed by atoms with Crippen LogP contribution in [-0.4, -0.2) is 26.5 Å². The van der Waals surface area contributed by atoms with Crippen LogP contribution in [0.1, 0.15) is 24.8 Å². The Kier molecular flexibility index (Phi) is 5.14. The van der Waals surface area contributed by atoms with Crippen LogP contribution in [0.3, 0.4) is 0 Å². The number of hydrogen-bond acceptors (Lipinski definition) is 4. The van der Waals surface area contributed by atoms with Crippen LogP contribution in [0, 0.1) is 5.82 Å². The van der Waals surface area contributed by atoms with Crippen molar-refractivity contribution in [3.05, 3.63) is 28.0 Å². The maximum Gasteiger partial charge on any atom is 0.256 e. The zero-order valence-electron chi connectivity index (χ0n) is 10.9. The van der Waals surface area contributed by atoms with Gasteiger partial charge < -0.3 is 5.73 Å². The van der Waals surface area contributed by atoms with Gasteiger partial charge in [-0.05, 0) is 25.0 Å². The van der Waals surface area contributed by atoms with Crippen LogP contribution in [-0.2, 0) is 16.6 Å². The number of piperidine rings is 1. The van der Waals surface area contributed by atoms with E-state index in [1.165, 1.54) is 12.1 Å². The molecule has 3 N–H and O–H groups in total. The lowest BCUT2D eigenvalue weighted by Gasteiger charge is -2.26.